The molecule has 0 aliphatic carbocycles. The molecule has 0 aliphatic rings. The van der Waals surface area contributed by atoms with Crippen molar-refractivity contribution in [3.05, 3.63) is 170 Å². The van der Waals surface area contributed by atoms with Crippen molar-refractivity contribution in [3.8, 4) is 5.69 Å². The lowest BCUT2D eigenvalue weighted by Gasteiger charge is -2.27. The molecule has 0 amide bonds. The highest BCUT2D eigenvalue weighted by atomic mass is 32.1. The minimum Gasteiger partial charge on any atom is -0.310 e. The lowest BCUT2D eigenvalue weighted by atomic mass is 10.0. The first-order valence-corrected chi connectivity index (χ1v) is 16.8. The van der Waals surface area contributed by atoms with E-state index in [1.807, 2.05) is 11.3 Å². The molecule has 0 bridgehead atoms. The highest BCUT2D eigenvalue weighted by Crippen LogP contribution is 2.45. The first-order chi connectivity index (χ1) is 23.3. The normalized spacial score (nSPS) is 11.8. The maximum Gasteiger partial charge on any atom is 0.0555 e. The van der Waals surface area contributed by atoms with Crippen molar-refractivity contribution in [2.45, 2.75) is 0 Å². The van der Waals surface area contributed by atoms with Gasteiger partial charge in [0.25, 0.3) is 0 Å². The molecule has 8 aromatic carbocycles. The Morgan fingerprint density at radius 2 is 1.04 bits per heavy atom. The number of thiophene rings is 1. The van der Waals surface area contributed by atoms with Crippen molar-refractivity contribution in [2.75, 3.05) is 4.90 Å². The number of hydrogen-bond donors (Lipinski definition) is 0. The zero-order valence-electron chi connectivity index (χ0n) is 25.5. The average Bonchev–Trinajstić information content (AvgIpc) is 3.65. The Morgan fingerprint density at radius 3 is 1.89 bits per heavy atom. The zero-order valence-corrected chi connectivity index (χ0v) is 26.3. The van der Waals surface area contributed by atoms with E-state index in [2.05, 4.69) is 179 Å². The van der Waals surface area contributed by atoms with Crippen LogP contribution in [-0.4, -0.2) is 4.57 Å². The Bertz CT molecular complexity index is 2800. The molecule has 0 N–H and O–H groups in total. The molecule has 2 nitrogen and oxygen atoms in total. The summed E-state index contributed by atoms with van der Waals surface area (Å²) < 4.78 is 5.11. The van der Waals surface area contributed by atoms with Crippen molar-refractivity contribution in [1.29, 1.82) is 0 Å². The van der Waals surface area contributed by atoms with Crippen LogP contribution in [0.25, 0.3) is 69.2 Å². The second-order valence-electron chi connectivity index (χ2n) is 12.2. The highest BCUT2D eigenvalue weighted by molar-refractivity contribution is 7.25. The molecule has 0 radical (unpaired) electrons. The van der Waals surface area contributed by atoms with Gasteiger partial charge in [0, 0.05) is 53.1 Å². The lowest BCUT2D eigenvalue weighted by molar-refractivity contribution is 1.20. The van der Waals surface area contributed by atoms with Crippen LogP contribution in [0.4, 0.5) is 17.1 Å². The standard InChI is InChI=1S/C44H28N2S/c1-2-16-31(17-3-1)45(39-21-10-14-29-12-4-6-18-33(29)39)32-24-25-41-36(26-32)37-27-38-35-20-8-9-23-43(35)47-44(38)28-42(37)46(41)40-22-11-15-30-13-5-7-19-34(30)40/h1-28H. The van der Waals surface area contributed by atoms with Crippen LogP contribution in [0.5, 0.6) is 0 Å². The van der Waals surface area contributed by atoms with Crippen LogP contribution in [0.1, 0.15) is 0 Å². The molecule has 3 heteroatoms. The molecule has 0 saturated carbocycles. The fraction of sp³-hybridized carbons (Fsp3) is 0. The molecule has 0 saturated heterocycles. The van der Waals surface area contributed by atoms with Gasteiger partial charge in [-0.25, -0.2) is 0 Å². The Kier molecular flexibility index (Phi) is 5.78. The van der Waals surface area contributed by atoms with Crippen LogP contribution in [0, 0.1) is 0 Å². The number of nitrogens with zero attached hydrogens (tertiary/aromatic N) is 2. The van der Waals surface area contributed by atoms with Crippen LogP contribution in [-0.2, 0) is 0 Å². The lowest BCUT2D eigenvalue weighted by Crippen LogP contribution is -2.10. The summed E-state index contributed by atoms with van der Waals surface area (Å²) in [5.41, 5.74) is 7.06. The van der Waals surface area contributed by atoms with Crippen LogP contribution in [0.2, 0.25) is 0 Å². The number of aromatic nitrogens is 1. The molecular weight excluding hydrogens is 589 g/mol. The van der Waals surface area contributed by atoms with Crippen LogP contribution in [0.15, 0.2) is 170 Å². The highest BCUT2D eigenvalue weighted by Gasteiger charge is 2.20. The molecule has 0 unspecified atom stereocenters. The van der Waals surface area contributed by atoms with E-state index in [1.165, 1.54) is 69.2 Å². The minimum absolute atomic E-state index is 1.13. The van der Waals surface area contributed by atoms with Gasteiger partial charge in [-0.15, -0.1) is 11.3 Å². The molecule has 220 valence electrons. The van der Waals surface area contributed by atoms with Crippen molar-refractivity contribution >= 4 is 91.9 Å². The number of para-hydroxylation sites is 1. The van der Waals surface area contributed by atoms with Gasteiger partial charge < -0.3 is 9.47 Å². The Labute approximate surface area is 276 Å². The van der Waals surface area contributed by atoms with E-state index in [4.69, 9.17) is 0 Å². The summed E-state index contributed by atoms with van der Waals surface area (Å²) in [6, 6.07) is 62.0. The fourth-order valence-corrected chi connectivity index (χ4v) is 8.56. The van der Waals surface area contributed by atoms with Gasteiger partial charge in [0.05, 0.1) is 22.4 Å². The molecule has 0 atom stereocenters. The number of hydrogen-bond acceptors (Lipinski definition) is 2. The van der Waals surface area contributed by atoms with E-state index in [1.54, 1.807) is 0 Å². The van der Waals surface area contributed by atoms with E-state index in [9.17, 15) is 0 Å². The van der Waals surface area contributed by atoms with Gasteiger partial charge in [0.2, 0.25) is 0 Å². The van der Waals surface area contributed by atoms with Crippen LogP contribution >= 0.6 is 11.3 Å². The quantitative estimate of drug-likeness (QED) is 0.191. The Hall–Kier alpha value is -5.90. The number of benzene rings is 8. The smallest absolute Gasteiger partial charge is 0.0555 e. The van der Waals surface area contributed by atoms with E-state index >= 15 is 0 Å². The average molecular weight is 617 g/mol. The molecule has 47 heavy (non-hydrogen) atoms. The predicted octanol–water partition coefficient (Wildman–Crippen LogP) is 12.9. The number of anilines is 3. The molecular formula is C44H28N2S. The maximum atomic E-state index is 2.48. The summed E-state index contributed by atoms with van der Waals surface area (Å²) >= 11 is 1.88. The third-order valence-electron chi connectivity index (χ3n) is 9.53. The largest absolute Gasteiger partial charge is 0.310 e. The Morgan fingerprint density at radius 1 is 0.383 bits per heavy atom. The molecule has 2 aromatic heterocycles. The van der Waals surface area contributed by atoms with Crippen molar-refractivity contribution in [3.63, 3.8) is 0 Å². The maximum absolute atomic E-state index is 2.48. The van der Waals surface area contributed by atoms with Crippen molar-refractivity contribution in [1.82, 2.24) is 4.57 Å². The van der Waals surface area contributed by atoms with Crippen molar-refractivity contribution in [2.24, 2.45) is 0 Å². The first-order valence-electron chi connectivity index (χ1n) is 16.0. The molecule has 0 spiro atoms. The summed E-state index contributed by atoms with van der Waals surface area (Å²) in [5.74, 6) is 0. The van der Waals surface area contributed by atoms with Gasteiger partial charge in [-0.05, 0) is 71.4 Å². The van der Waals surface area contributed by atoms with Gasteiger partial charge in [0.15, 0.2) is 0 Å². The van der Waals surface area contributed by atoms with Gasteiger partial charge in [0.1, 0.15) is 0 Å². The molecule has 2 heterocycles. The summed E-state index contributed by atoms with van der Waals surface area (Å²) in [5, 5.41) is 10.1. The van der Waals surface area contributed by atoms with Gasteiger partial charge in [-0.1, -0.05) is 109 Å². The fourth-order valence-electron chi connectivity index (χ4n) is 7.44. The van der Waals surface area contributed by atoms with Crippen molar-refractivity contribution < 1.29 is 0 Å². The first kappa shape index (κ1) is 26.3. The SMILES string of the molecule is c1ccc(N(c2ccc3c(c2)c2cc4c(cc2n3-c2cccc3ccccc23)sc2ccccc24)c2cccc3ccccc23)cc1. The molecule has 10 aromatic rings. The van der Waals surface area contributed by atoms with Crippen LogP contribution in [0.3, 0.4) is 0 Å². The molecule has 0 aliphatic heterocycles. The third-order valence-corrected chi connectivity index (χ3v) is 10.7. The van der Waals surface area contributed by atoms with Gasteiger partial charge >= 0.3 is 0 Å². The van der Waals surface area contributed by atoms with E-state index in [0.717, 1.165) is 17.1 Å². The summed E-state index contributed by atoms with van der Waals surface area (Å²) in [7, 11) is 0. The second kappa shape index (κ2) is 10.3. The topological polar surface area (TPSA) is 8.17 Å². The van der Waals surface area contributed by atoms with Crippen LogP contribution < -0.4 is 4.90 Å². The summed E-state index contributed by atoms with van der Waals surface area (Å²) in [4.78, 5) is 2.40. The summed E-state index contributed by atoms with van der Waals surface area (Å²) in [6.45, 7) is 0. The van der Waals surface area contributed by atoms with E-state index < -0.39 is 0 Å². The second-order valence-corrected chi connectivity index (χ2v) is 13.3. The third kappa shape index (κ3) is 4.04. The Balaban J connectivity index is 1.32. The molecule has 10 rings (SSSR count). The number of rotatable bonds is 4. The minimum atomic E-state index is 1.13. The van der Waals surface area contributed by atoms with E-state index in [-0.39, 0.29) is 0 Å². The van der Waals surface area contributed by atoms with E-state index in [0.29, 0.717) is 0 Å². The van der Waals surface area contributed by atoms with Gasteiger partial charge in [-0.3, -0.25) is 0 Å². The molecule has 0 fully saturated rings. The number of fused-ring (bicyclic) bond motifs is 8. The zero-order chi connectivity index (χ0) is 30.9. The predicted molar refractivity (Wildman–Crippen MR) is 203 cm³/mol. The van der Waals surface area contributed by atoms with Gasteiger partial charge in [-0.2, -0.15) is 0 Å². The monoisotopic (exact) mass is 616 g/mol. The summed E-state index contributed by atoms with van der Waals surface area (Å²) in [6.07, 6.45) is 0.